The summed E-state index contributed by atoms with van der Waals surface area (Å²) in [5.41, 5.74) is 0.514. The minimum Gasteiger partial charge on any atom is -0.370 e. The van der Waals surface area contributed by atoms with Gasteiger partial charge in [0.2, 0.25) is 5.69 Å². The molecule has 7 nitrogen and oxygen atoms in total. The predicted octanol–water partition coefficient (Wildman–Crippen LogP) is 2.28. The fourth-order valence-corrected chi connectivity index (χ4v) is 2.27. The molecule has 0 bridgehead atoms. The van der Waals surface area contributed by atoms with Crippen molar-refractivity contribution in [2.75, 3.05) is 11.9 Å². The van der Waals surface area contributed by atoms with Gasteiger partial charge in [0.25, 0.3) is 0 Å². The summed E-state index contributed by atoms with van der Waals surface area (Å²) in [6.07, 6.45) is 0.727. The zero-order valence-corrected chi connectivity index (χ0v) is 11.5. The zero-order chi connectivity index (χ0) is 14.5. The van der Waals surface area contributed by atoms with Gasteiger partial charge in [-0.15, -0.1) is 11.3 Å². The van der Waals surface area contributed by atoms with Crippen LogP contribution >= 0.6 is 11.3 Å². The van der Waals surface area contributed by atoms with E-state index in [1.54, 1.807) is 17.4 Å². The summed E-state index contributed by atoms with van der Waals surface area (Å²) in [6, 6.07) is 4.50. The summed E-state index contributed by atoms with van der Waals surface area (Å²) >= 11 is 1.59. The van der Waals surface area contributed by atoms with Gasteiger partial charge < -0.3 is 5.32 Å². The third kappa shape index (κ3) is 3.27. The van der Waals surface area contributed by atoms with Crippen molar-refractivity contribution in [1.29, 1.82) is 5.26 Å². The summed E-state index contributed by atoms with van der Waals surface area (Å²) in [6.45, 7) is 2.54. The van der Waals surface area contributed by atoms with Crippen molar-refractivity contribution in [3.8, 4) is 6.07 Å². The Morgan fingerprint density at radius 1 is 1.50 bits per heavy atom. The first-order valence-corrected chi connectivity index (χ1v) is 6.68. The topological polar surface area (TPSA) is 105 Å². The summed E-state index contributed by atoms with van der Waals surface area (Å²) in [7, 11) is 0. The van der Waals surface area contributed by atoms with Crippen LogP contribution in [-0.2, 0) is 6.42 Å². The quantitative estimate of drug-likeness (QED) is 0.668. The number of aryl methyl sites for hydroxylation is 1. The first-order valence-electron chi connectivity index (χ1n) is 5.80. The molecule has 102 valence electrons. The number of rotatable bonds is 5. The van der Waals surface area contributed by atoms with E-state index in [1.165, 1.54) is 12.1 Å². The van der Waals surface area contributed by atoms with E-state index in [0.29, 0.717) is 12.4 Å². The van der Waals surface area contributed by atoms with Gasteiger partial charge in [-0.1, -0.05) is 0 Å². The minimum absolute atomic E-state index is 0.190. The standard InChI is InChI=1S/C12H11N5O2S/c1-8-15-9(7-20-8)4-5-14-12-3-2-11(17(18)19)10(6-13)16-12/h2-3,7H,4-5H2,1H3,(H,14,16). The lowest BCUT2D eigenvalue weighted by molar-refractivity contribution is -0.385. The zero-order valence-electron chi connectivity index (χ0n) is 10.7. The Balaban J connectivity index is 2.00. The lowest BCUT2D eigenvalue weighted by Gasteiger charge is -2.04. The van der Waals surface area contributed by atoms with Crippen molar-refractivity contribution >= 4 is 22.8 Å². The SMILES string of the molecule is Cc1nc(CCNc2ccc([N+](=O)[O-])c(C#N)n2)cs1. The molecule has 0 aliphatic carbocycles. The van der Waals surface area contributed by atoms with Gasteiger partial charge >= 0.3 is 5.69 Å². The van der Waals surface area contributed by atoms with E-state index in [-0.39, 0.29) is 11.4 Å². The highest BCUT2D eigenvalue weighted by molar-refractivity contribution is 7.09. The van der Waals surface area contributed by atoms with Gasteiger partial charge in [-0.05, 0) is 13.0 Å². The molecular formula is C12H11N5O2S. The van der Waals surface area contributed by atoms with Crippen LogP contribution in [0.15, 0.2) is 17.5 Å². The second kappa shape index (κ2) is 6.08. The van der Waals surface area contributed by atoms with Crippen molar-refractivity contribution in [2.45, 2.75) is 13.3 Å². The van der Waals surface area contributed by atoms with Crippen molar-refractivity contribution in [1.82, 2.24) is 9.97 Å². The van der Waals surface area contributed by atoms with Crippen LogP contribution in [0.5, 0.6) is 0 Å². The van der Waals surface area contributed by atoms with Crippen LogP contribution in [-0.4, -0.2) is 21.4 Å². The van der Waals surface area contributed by atoms with Gasteiger partial charge in [-0.2, -0.15) is 5.26 Å². The van der Waals surface area contributed by atoms with Crippen molar-refractivity contribution in [3.05, 3.63) is 44.0 Å². The van der Waals surface area contributed by atoms with Crippen LogP contribution in [0.25, 0.3) is 0 Å². The molecule has 0 unspecified atom stereocenters. The van der Waals surface area contributed by atoms with E-state index in [4.69, 9.17) is 5.26 Å². The normalized spacial score (nSPS) is 10.0. The van der Waals surface area contributed by atoms with Gasteiger partial charge in [0.15, 0.2) is 0 Å². The summed E-state index contributed by atoms with van der Waals surface area (Å²) in [4.78, 5) is 18.3. The molecule has 8 heteroatoms. The van der Waals surface area contributed by atoms with Gasteiger partial charge in [-0.25, -0.2) is 9.97 Å². The predicted molar refractivity (Wildman–Crippen MR) is 74.7 cm³/mol. The average Bonchev–Trinajstić information content (AvgIpc) is 2.84. The molecule has 0 amide bonds. The van der Waals surface area contributed by atoms with Crippen molar-refractivity contribution in [3.63, 3.8) is 0 Å². The molecule has 0 saturated carbocycles. The number of aromatic nitrogens is 2. The summed E-state index contributed by atoms with van der Waals surface area (Å²) < 4.78 is 0. The fourth-order valence-electron chi connectivity index (χ4n) is 1.62. The molecule has 2 heterocycles. The van der Waals surface area contributed by atoms with Crippen LogP contribution in [0.2, 0.25) is 0 Å². The molecular weight excluding hydrogens is 278 g/mol. The second-order valence-corrected chi connectivity index (χ2v) is 5.03. The molecule has 2 aromatic heterocycles. The molecule has 2 aromatic rings. The maximum Gasteiger partial charge on any atom is 0.305 e. The van der Waals surface area contributed by atoms with Gasteiger partial charge in [0, 0.05) is 24.4 Å². The van der Waals surface area contributed by atoms with Crippen molar-refractivity contribution in [2.24, 2.45) is 0 Å². The second-order valence-electron chi connectivity index (χ2n) is 3.97. The lowest BCUT2D eigenvalue weighted by Crippen LogP contribution is -2.07. The van der Waals surface area contributed by atoms with E-state index >= 15 is 0 Å². The molecule has 0 aliphatic heterocycles. The molecule has 0 aromatic carbocycles. The van der Waals surface area contributed by atoms with Crippen LogP contribution in [0.1, 0.15) is 16.4 Å². The van der Waals surface area contributed by atoms with E-state index in [2.05, 4.69) is 15.3 Å². The molecule has 20 heavy (non-hydrogen) atoms. The fraction of sp³-hybridized carbons (Fsp3) is 0.250. The number of nitrogens with one attached hydrogen (secondary N) is 1. The number of nitro groups is 1. The lowest BCUT2D eigenvalue weighted by atomic mass is 10.3. The maximum atomic E-state index is 10.7. The Bertz CT molecular complexity index is 677. The number of nitrogens with zero attached hydrogens (tertiary/aromatic N) is 4. The molecule has 1 N–H and O–H groups in total. The monoisotopic (exact) mass is 289 g/mol. The Labute approximate surface area is 119 Å². The molecule has 0 spiro atoms. The molecule has 0 radical (unpaired) electrons. The summed E-state index contributed by atoms with van der Waals surface area (Å²) in [5.74, 6) is 0.444. The van der Waals surface area contributed by atoms with Gasteiger partial charge in [-0.3, -0.25) is 10.1 Å². The van der Waals surface area contributed by atoms with Gasteiger partial charge in [0.05, 0.1) is 15.6 Å². The number of anilines is 1. The number of nitriles is 1. The van der Waals surface area contributed by atoms with E-state index in [1.807, 2.05) is 12.3 Å². The smallest absolute Gasteiger partial charge is 0.305 e. The van der Waals surface area contributed by atoms with E-state index in [9.17, 15) is 10.1 Å². The highest BCUT2D eigenvalue weighted by Crippen LogP contribution is 2.18. The molecule has 0 saturated heterocycles. The van der Waals surface area contributed by atoms with E-state index in [0.717, 1.165) is 17.1 Å². The average molecular weight is 289 g/mol. The summed E-state index contributed by atoms with van der Waals surface area (Å²) in [5, 5.41) is 25.5. The third-order valence-corrected chi connectivity index (χ3v) is 3.35. The third-order valence-electron chi connectivity index (χ3n) is 2.53. The molecule has 0 aliphatic rings. The highest BCUT2D eigenvalue weighted by Gasteiger charge is 2.15. The van der Waals surface area contributed by atoms with E-state index < -0.39 is 4.92 Å². The maximum absolute atomic E-state index is 10.7. The molecule has 2 rings (SSSR count). The number of hydrogen-bond acceptors (Lipinski definition) is 7. The Morgan fingerprint density at radius 2 is 2.30 bits per heavy atom. The highest BCUT2D eigenvalue weighted by atomic mass is 32.1. The van der Waals surface area contributed by atoms with Crippen LogP contribution in [0, 0.1) is 28.4 Å². The number of pyridine rings is 1. The van der Waals surface area contributed by atoms with Crippen LogP contribution in [0.3, 0.4) is 0 Å². The van der Waals surface area contributed by atoms with Gasteiger partial charge in [0.1, 0.15) is 11.9 Å². The molecule has 0 atom stereocenters. The van der Waals surface area contributed by atoms with Crippen molar-refractivity contribution < 1.29 is 4.92 Å². The Morgan fingerprint density at radius 3 is 2.90 bits per heavy atom. The van der Waals surface area contributed by atoms with Crippen LogP contribution < -0.4 is 5.32 Å². The number of hydrogen-bond donors (Lipinski definition) is 1. The minimum atomic E-state index is -0.618. The first kappa shape index (κ1) is 13.9. The largest absolute Gasteiger partial charge is 0.370 e. The first-order chi connectivity index (χ1) is 9.60. The number of thiazole rings is 1. The van der Waals surface area contributed by atoms with Crippen LogP contribution in [0.4, 0.5) is 11.5 Å². The molecule has 0 fully saturated rings. The Hall–Kier alpha value is -2.53. The Kier molecular flexibility index (Phi) is 4.22.